The predicted molar refractivity (Wildman–Crippen MR) is 118 cm³/mol. The highest BCUT2D eigenvalue weighted by Gasteiger charge is 2.27. The molecule has 2 aromatic rings. The molecular formula is C25H32N2O2. The Hall–Kier alpha value is -2.49. The molecule has 4 heteroatoms. The number of aryl methyl sites for hydroxylation is 1. The number of methoxy groups -OCH3 is 1. The van der Waals surface area contributed by atoms with Crippen molar-refractivity contribution in [1.29, 1.82) is 0 Å². The molecule has 2 fully saturated rings. The average Bonchev–Trinajstić information content (AvgIpc) is 3.29. The first-order chi connectivity index (χ1) is 14.2. The van der Waals surface area contributed by atoms with Crippen LogP contribution in [-0.4, -0.2) is 44.1 Å². The van der Waals surface area contributed by atoms with E-state index in [1.54, 1.807) is 7.11 Å². The number of nitrogens with zero attached hydrogens (tertiary/aromatic N) is 2. The Labute approximate surface area is 174 Å². The van der Waals surface area contributed by atoms with Gasteiger partial charge in [-0.1, -0.05) is 29.8 Å². The molecule has 2 heterocycles. The van der Waals surface area contributed by atoms with Gasteiger partial charge in [0.2, 0.25) is 0 Å². The van der Waals surface area contributed by atoms with Crippen LogP contribution < -0.4 is 9.64 Å². The number of hydrogen-bond acceptors (Lipinski definition) is 3. The molecular weight excluding hydrogens is 360 g/mol. The fourth-order valence-corrected chi connectivity index (χ4v) is 4.75. The molecule has 2 aliphatic rings. The van der Waals surface area contributed by atoms with Crippen LogP contribution in [0.15, 0.2) is 42.5 Å². The van der Waals surface area contributed by atoms with Crippen molar-refractivity contribution in [2.75, 3.05) is 38.2 Å². The maximum Gasteiger partial charge on any atom is 0.255 e. The van der Waals surface area contributed by atoms with E-state index in [2.05, 4.69) is 47.1 Å². The van der Waals surface area contributed by atoms with Gasteiger partial charge in [-0.3, -0.25) is 4.79 Å². The number of rotatable bonds is 5. The Kier molecular flexibility index (Phi) is 6.08. The van der Waals surface area contributed by atoms with Crippen molar-refractivity contribution in [3.8, 4) is 5.75 Å². The molecule has 0 aromatic heterocycles. The molecule has 2 aliphatic heterocycles. The van der Waals surface area contributed by atoms with Crippen LogP contribution in [0.2, 0.25) is 0 Å². The zero-order chi connectivity index (χ0) is 20.2. The number of benzene rings is 2. The van der Waals surface area contributed by atoms with Crippen molar-refractivity contribution in [1.82, 2.24) is 4.90 Å². The van der Waals surface area contributed by atoms with E-state index in [1.807, 2.05) is 12.1 Å². The van der Waals surface area contributed by atoms with Gasteiger partial charge >= 0.3 is 0 Å². The summed E-state index contributed by atoms with van der Waals surface area (Å²) in [6, 6.07) is 14.6. The lowest BCUT2D eigenvalue weighted by Crippen LogP contribution is -2.39. The summed E-state index contributed by atoms with van der Waals surface area (Å²) in [7, 11) is 1.74. The smallest absolute Gasteiger partial charge is 0.255 e. The lowest BCUT2D eigenvalue weighted by molar-refractivity contribution is 0.0691. The first-order valence-electron chi connectivity index (χ1n) is 10.9. The molecule has 2 saturated heterocycles. The second-order valence-corrected chi connectivity index (χ2v) is 8.47. The van der Waals surface area contributed by atoms with Crippen LogP contribution in [0.4, 0.5) is 5.69 Å². The molecule has 0 atom stereocenters. The molecule has 0 unspecified atom stereocenters. The summed E-state index contributed by atoms with van der Waals surface area (Å²) < 4.78 is 5.51. The van der Waals surface area contributed by atoms with Crippen molar-refractivity contribution in [2.24, 2.45) is 5.92 Å². The minimum Gasteiger partial charge on any atom is -0.496 e. The van der Waals surface area contributed by atoms with Gasteiger partial charge in [-0.2, -0.15) is 0 Å². The van der Waals surface area contributed by atoms with Gasteiger partial charge in [-0.15, -0.1) is 0 Å². The number of para-hydroxylation sites is 1. The monoisotopic (exact) mass is 392 g/mol. The van der Waals surface area contributed by atoms with Gasteiger partial charge in [0.25, 0.3) is 5.91 Å². The SMILES string of the molecule is COc1ccccc1CC1CCN(C(=O)c2cc(C)ccc2N2CCCC2)CC1. The fraction of sp³-hybridized carbons (Fsp3) is 0.480. The molecule has 0 saturated carbocycles. The predicted octanol–water partition coefficient (Wildman–Crippen LogP) is 4.70. The Balaban J connectivity index is 1.42. The zero-order valence-electron chi connectivity index (χ0n) is 17.7. The van der Waals surface area contributed by atoms with E-state index in [-0.39, 0.29) is 5.91 Å². The molecule has 0 N–H and O–H groups in total. The summed E-state index contributed by atoms with van der Waals surface area (Å²) in [5.41, 5.74) is 4.43. The van der Waals surface area contributed by atoms with Crippen LogP contribution in [0.1, 0.15) is 47.2 Å². The van der Waals surface area contributed by atoms with Gasteiger partial charge in [0, 0.05) is 31.9 Å². The molecule has 4 nitrogen and oxygen atoms in total. The fourth-order valence-electron chi connectivity index (χ4n) is 4.75. The van der Waals surface area contributed by atoms with Crippen LogP contribution in [0, 0.1) is 12.8 Å². The van der Waals surface area contributed by atoms with Crippen molar-refractivity contribution >= 4 is 11.6 Å². The van der Waals surface area contributed by atoms with E-state index >= 15 is 0 Å². The molecule has 0 radical (unpaired) electrons. The summed E-state index contributed by atoms with van der Waals surface area (Å²) in [5, 5.41) is 0. The maximum absolute atomic E-state index is 13.4. The number of amides is 1. The van der Waals surface area contributed by atoms with Crippen LogP contribution in [-0.2, 0) is 6.42 Å². The highest BCUT2D eigenvalue weighted by atomic mass is 16.5. The van der Waals surface area contributed by atoms with E-state index < -0.39 is 0 Å². The summed E-state index contributed by atoms with van der Waals surface area (Å²) in [6.07, 6.45) is 5.56. The molecule has 0 bridgehead atoms. The average molecular weight is 393 g/mol. The second kappa shape index (κ2) is 8.89. The number of carbonyl (C=O) groups is 1. The van der Waals surface area contributed by atoms with E-state index in [4.69, 9.17) is 4.74 Å². The third-order valence-electron chi connectivity index (χ3n) is 6.43. The minimum absolute atomic E-state index is 0.200. The summed E-state index contributed by atoms with van der Waals surface area (Å²) in [6.45, 7) is 5.87. The van der Waals surface area contributed by atoms with Crippen LogP contribution >= 0.6 is 0 Å². The number of ether oxygens (including phenoxy) is 1. The Morgan fingerprint density at radius 1 is 1.03 bits per heavy atom. The topological polar surface area (TPSA) is 32.8 Å². The van der Waals surface area contributed by atoms with Crippen molar-refractivity contribution in [3.05, 3.63) is 59.2 Å². The summed E-state index contributed by atoms with van der Waals surface area (Å²) >= 11 is 0. The van der Waals surface area contributed by atoms with E-state index in [9.17, 15) is 4.79 Å². The highest BCUT2D eigenvalue weighted by molar-refractivity contribution is 6.00. The molecule has 4 rings (SSSR count). The first-order valence-corrected chi connectivity index (χ1v) is 10.9. The first kappa shape index (κ1) is 19.8. The number of likely N-dealkylation sites (tertiary alicyclic amines) is 1. The molecule has 0 spiro atoms. The molecule has 154 valence electrons. The van der Waals surface area contributed by atoms with Gasteiger partial charge in [-0.05, 0) is 68.7 Å². The molecule has 29 heavy (non-hydrogen) atoms. The van der Waals surface area contributed by atoms with Gasteiger partial charge < -0.3 is 14.5 Å². The Morgan fingerprint density at radius 3 is 2.48 bits per heavy atom. The van der Waals surface area contributed by atoms with Crippen molar-refractivity contribution in [2.45, 2.75) is 39.0 Å². The van der Waals surface area contributed by atoms with Crippen LogP contribution in [0.25, 0.3) is 0 Å². The third kappa shape index (κ3) is 4.42. The van der Waals surface area contributed by atoms with E-state index in [0.29, 0.717) is 5.92 Å². The normalized spacial score (nSPS) is 17.6. The quantitative estimate of drug-likeness (QED) is 0.739. The van der Waals surface area contributed by atoms with E-state index in [1.165, 1.54) is 18.4 Å². The van der Waals surface area contributed by atoms with Gasteiger partial charge in [0.15, 0.2) is 0 Å². The van der Waals surface area contributed by atoms with Crippen molar-refractivity contribution in [3.63, 3.8) is 0 Å². The number of hydrogen-bond donors (Lipinski definition) is 0. The van der Waals surface area contributed by atoms with Crippen LogP contribution in [0.3, 0.4) is 0 Å². The Morgan fingerprint density at radius 2 is 1.76 bits per heavy atom. The van der Waals surface area contributed by atoms with Crippen LogP contribution in [0.5, 0.6) is 5.75 Å². The number of anilines is 1. The molecule has 1 amide bonds. The number of piperidine rings is 1. The zero-order valence-corrected chi connectivity index (χ0v) is 17.7. The standard InChI is InChI=1S/C25H32N2O2/c1-19-9-10-23(26-13-5-6-14-26)22(17-19)25(28)27-15-11-20(12-16-27)18-21-7-3-4-8-24(21)29-2/h3-4,7-10,17,20H,5-6,11-16,18H2,1-2H3. The van der Waals surface area contributed by atoms with Gasteiger partial charge in [0.1, 0.15) is 5.75 Å². The van der Waals surface area contributed by atoms with Gasteiger partial charge in [0.05, 0.1) is 12.7 Å². The number of carbonyl (C=O) groups excluding carboxylic acids is 1. The lowest BCUT2D eigenvalue weighted by Gasteiger charge is -2.33. The summed E-state index contributed by atoms with van der Waals surface area (Å²) in [4.78, 5) is 17.8. The Bertz CT molecular complexity index is 850. The second-order valence-electron chi connectivity index (χ2n) is 8.47. The summed E-state index contributed by atoms with van der Waals surface area (Å²) in [5.74, 6) is 1.78. The third-order valence-corrected chi connectivity index (χ3v) is 6.43. The maximum atomic E-state index is 13.4. The minimum atomic E-state index is 0.200. The molecule has 2 aromatic carbocycles. The van der Waals surface area contributed by atoms with Crippen molar-refractivity contribution < 1.29 is 9.53 Å². The highest BCUT2D eigenvalue weighted by Crippen LogP contribution is 2.30. The lowest BCUT2D eigenvalue weighted by atomic mass is 9.89. The molecule has 0 aliphatic carbocycles. The van der Waals surface area contributed by atoms with E-state index in [0.717, 1.165) is 68.0 Å². The van der Waals surface area contributed by atoms with Gasteiger partial charge in [-0.25, -0.2) is 0 Å². The largest absolute Gasteiger partial charge is 0.496 e.